The number of aromatic nitrogens is 1. The summed E-state index contributed by atoms with van der Waals surface area (Å²) in [7, 11) is 1.71. The standard InChI is InChI=1S/C20H16FN3OS/c1-23-19(25)16-10-14-13-7-2-3-8-15(13)22-17(14)18(24(16)20(23)26)11-5-4-6-12(21)9-11/h2-9,16,18,22H,10H2,1H3. The molecule has 0 saturated carbocycles. The van der Waals surface area contributed by atoms with Crippen LogP contribution in [0.15, 0.2) is 48.5 Å². The molecule has 130 valence electrons. The van der Waals surface area contributed by atoms with Crippen molar-refractivity contribution >= 4 is 34.1 Å². The number of nitrogens with one attached hydrogen (secondary N) is 1. The number of para-hydroxylation sites is 1. The first-order chi connectivity index (χ1) is 12.6. The van der Waals surface area contributed by atoms with Gasteiger partial charge in [0.05, 0.1) is 6.04 Å². The first-order valence-electron chi connectivity index (χ1n) is 8.51. The van der Waals surface area contributed by atoms with Gasteiger partial charge in [-0.1, -0.05) is 30.3 Å². The monoisotopic (exact) mass is 365 g/mol. The quantitative estimate of drug-likeness (QED) is 0.672. The lowest BCUT2D eigenvalue weighted by molar-refractivity contribution is -0.127. The molecule has 0 aliphatic carbocycles. The SMILES string of the molecule is CN1C(=O)C2Cc3c([nH]c4ccccc34)C(c3cccc(F)c3)N2C1=S. The highest BCUT2D eigenvalue weighted by Crippen LogP contribution is 2.43. The Morgan fingerprint density at radius 3 is 2.81 bits per heavy atom. The van der Waals surface area contributed by atoms with E-state index in [1.54, 1.807) is 13.1 Å². The molecule has 2 aliphatic heterocycles. The fourth-order valence-corrected chi connectivity index (χ4v) is 4.55. The van der Waals surface area contributed by atoms with Gasteiger partial charge >= 0.3 is 0 Å². The molecule has 1 fully saturated rings. The van der Waals surface area contributed by atoms with Crippen LogP contribution in [0.25, 0.3) is 10.9 Å². The minimum absolute atomic E-state index is 0.00710. The Bertz CT molecular complexity index is 1080. The van der Waals surface area contributed by atoms with Crippen molar-refractivity contribution in [2.75, 3.05) is 7.05 Å². The minimum atomic E-state index is -0.354. The Kier molecular flexibility index (Phi) is 3.21. The average molecular weight is 365 g/mol. The van der Waals surface area contributed by atoms with Crippen LogP contribution >= 0.6 is 12.2 Å². The molecule has 0 radical (unpaired) electrons. The number of fused-ring (bicyclic) bond motifs is 4. The zero-order chi connectivity index (χ0) is 18.0. The maximum Gasteiger partial charge on any atom is 0.251 e. The van der Waals surface area contributed by atoms with Crippen LogP contribution in [0.2, 0.25) is 0 Å². The van der Waals surface area contributed by atoms with Gasteiger partial charge in [0.25, 0.3) is 5.91 Å². The highest BCUT2D eigenvalue weighted by atomic mass is 32.1. The molecular formula is C20H16FN3OS. The molecule has 0 bridgehead atoms. The first-order valence-corrected chi connectivity index (χ1v) is 8.92. The van der Waals surface area contributed by atoms with Crippen LogP contribution < -0.4 is 0 Å². The summed E-state index contributed by atoms with van der Waals surface area (Å²) in [5.74, 6) is -0.306. The highest BCUT2D eigenvalue weighted by Gasteiger charge is 2.49. The van der Waals surface area contributed by atoms with E-state index in [2.05, 4.69) is 11.1 Å². The molecule has 2 unspecified atom stereocenters. The van der Waals surface area contributed by atoms with Crippen molar-refractivity contribution < 1.29 is 9.18 Å². The van der Waals surface area contributed by atoms with E-state index in [0.717, 1.165) is 27.7 Å². The van der Waals surface area contributed by atoms with Crippen molar-refractivity contribution in [3.63, 3.8) is 0 Å². The summed E-state index contributed by atoms with van der Waals surface area (Å²) in [5.41, 5.74) is 3.90. The van der Waals surface area contributed by atoms with Crippen molar-refractivity contribution in [2.45, 2.75) is 18.5 Å². The van der Waals surface area contributed by atoms with E-state index >= 15 is 0 Å². The summed E-state index contributed by atoms with van der Waals surface area (Å²) >= 11 is 5.56. The highest BCUT2D eigenvalue weighted by molar-refractivity contribution is 7.80. The maximum absolute atomic E-state index is 14.0. The molecule has 3 heterocycles. The molecule has 1 amide bonds. The summed E-state index contributed by atoms with van der Waals surface area (Å²) in [5, 5.41) is 1.59. The molecule has 1 aromatic heterocycles. The third-order valence-corrected chi connectivity index (χ3v) is 5.90. The Labute approximate surface area is 155 Å². The number of carbonyl (C=O) groups excluding carboxylic acids is 1. The third kappa shape index (κ3) is 1.99. The van der Waals surface area contributed by atoms with Crippen molar-refractivity contribution in [3.8, 4) is 0 Å². The molecular weight excluding hydrogens is 349 g/mol. The normalized spacial score (nSPS) is 22.1. The van der Waals surface area contributed by atoms with Gasteiger partial charge in [0.2, 0.25) is 0 Å². The van der Waals surface area contributed by atoms with E-state index in [9.17, 15) is 9.18 Å². The number of hydrogen-bond donors (Lipinski definition) is 1. The molecule has 2 atom stereocenters. The number of hydrogen-bond acceptors (Lipinski definition) is 2. The predicted octanol–water partition coefficient (Wildman–Crippen LogP) is 3.38. The van der Waals surface area contributed by atoms with Crippen LogP contribution in [0.3, 0.4) is 0 Å². The Morgan fingerprint density at radius 1 is 1.19 bits per heavy atom. The Hall–Kier alpha value is -2.73. The zero-order valence-corrected chi connectivity index (χ0v) is 14.9. The van der Waals surface area contributed by atoms with Gasteiger partial charge in [-0.3, -0.25) is 9.69 Å². The number of thiocarbonyl (C=S) groups is 1. The lowest BCUT2D eigenvalue weighted by atomic mass is 9.89. The smallest absolute Gasteiger partial charge is 0.251 e. The number of H-pyrrole nitrogens is 1. The second-order valence-electron chi connectivity index (χ2n) is 6.83. The molecule has 2 aliphatic rings. The van der Waals surface area contributed by atoms with Crippen LogP contribution in [0, 0.1) is 5.82 Å². The van der Waals surface area contributed by atoms with E-state index in [4.69, 9.17) is 12.2 Å². The number of rotatable bonds is 1. The molecule has 0 spiro atoms. The zero-order valence-electron chi connectivity index (χ0n) is 14.1. The van der Waals surface area contributed by atoms with Gasteiger partial charge in [-0.05, 0) is 41.5 Å². The van der Waals surface area contributed by atoms with Crippen LogP contribution in [0.1, 0.15) is 22.9 Å². The molecule has 3 aromatic rings. The van der Waals surface area contributed by atoms with E-state index in [1.165, 1.54) is 17.0 Å². The molecule has 4 nitrogen and oxygen atoms in total. The fraction of sp³-hybridized carbons (Fsp3) is 0.200. The first kappa shape index (κ1) is 15.5. The van der Waals surface area contributed by atoms with Gasteiger partial charge in [0.15, 0.2) is 5.11 Å². The maximum atomic E-state index is 14.0. The van der Waals surface area contributed by atoms with Crippen LogP contribution in [-0.2, 0) is 11.2 Å². The number of carbonyl (C=O) groups is 1. The second kappa shape index (κ2) is 5.38. The van der Waals surface area contributed by atoms with Crippen molar-refractivity contribution in [1.82, 2.24) is 14.8 Å². The van der Waals surface area contributed by atoms with Crippen LogP contribution in [0.4, 0.5) is 4.39 Å². The van der Waals surface area contributed by atoms with Gasteiger partial charge in [0.1, 0.15) is 11.9 Å². The number of halogens is 1. The second-order valence-corrected chi connectivity index (χ2v) is 7.19. The molecule has 2 aromatic carbocycles. The van der Waals surface area contributed by atoms with E-state index in [1.807, 2.05) is 29.2 Å². The predicted molar refractivity (Wildman–Crippen MR) is 101 cm³/mol. The average Bonchev–Trinajstić information content (AvgIpc) is 3.12. The number of nitrogens with zero attached hydrogens (tertiary/aromatic N) is 2. The summed E-state index contributed by atoms with van der Waals surface area (Å²) in [6, 6.07) is 13.9. The summed E-state index contributed by atoms with van der Waals surface area (Å²) < 4.78 is 14.0. The fourth-order valence-electron chi connectivity index (χ4n) is 4.23. The van der Waals surface area contributed by atoms with Crippen LogP contribution in [-0.4, -0.2) is 38.9 Å². The lowest BCUT2D eigenvalue weighted by Crippen LogP contribution is -2.44. The minimum Gasteiger partial charge on any atom is -0.356 e. The number of aromatic amines is 1. The lowest BCUT2D eigenvalue weighted by Gasteiger charge is -2.37. The Morgan fingerprint density at radius 2 is 2.00 bits per heavy atom. The van der Waals surface area contributed by atoms with E-state index < -0.39 is 0 Å². The van der Waals surface area contributed by atoms with E-state index in [-0.39, 0.29) is 23.8 Å². The molecule has 1 saturated heterocycles. The molecule has 6 heteroatoms. The van der Waals surface area contributed by atoms with Gasteiger partial charge < -0.3 is 9.88 Å². The number of benzene rings is 2. The molecule has 1 N–H and O–H groups in total. The van der Waals surface area contributed by atoms with Gasteiger partial charge in [-0.15, -0.1) is 0 Å². The van der Waals surface area contributed by atoms with Gasteiger partial charge in [0, 0.05) is 30.1 Å². The van der Waals surface area contributed by atoms with Gasteiger partial charge in [-0.2, -0.15) is 0 Å². The number of likely N-dealkylation sites (N-methyl/N-ethyl adjacent to an activating group) is 1. The van der Waals surface area contributed by atoms with E-state index in [0.29, 0.717) is 11.5 Å². The van der Waals surface area contributed by atoms with Crippen LogP contribution in [0.5, 0.6) is 0 Å². The summed E-state index contributed by atoms with van der Waals surface area (Å²) in [6.07, 6.45) is 0.592. The van der Waals surface area contributed by atoms with Crippen molar-refractivity contribution in [3.05, 3.63) is 71.2 Å². The third-order valence-electron chi connectivity index (χ3n) is 5.42. The molecule has 5 rings (SSSR count). The largest absolute Gasteiger partial charge is 0.356 e. The van der Waals surface area contributed by atoms with Crippen molar-refractivity contribution in [2.24, 2.45) is 0 Å². The van der Waals surface area contributed by atoms with Crippen molar-refractivity contribution in [1.29, 1.82) is 0 Å². The summed E-state index contributed by atoms with van der Waals surface area (Å²) in [6.45, 7) is 0. The number of amides is 1. The Balaban J connectivity index is 1.79. The van der Waals surface area contributed by atoms with Gasteiger partial charge in [-0.25, -0.2) is 4.39 Å². The summed E-state index contributed by atoms with van der Waals surface area (Å²) in [4.78, 5) is 19.7. The molecule has 26 heavy (non-hydrogen) atoms. The topological polar surface area (TPSA) is 39.3 Å².